The standard InChI is InChI=1S/C35H61O8P/c1-3-5-7-9-11-13-15-16-17-18-20-22-24-26-28-30-35(37)43-33(32-42-44(38,39)40)31-41-34(36)29-27-25-23-21-19-14-12-10-8-6-4-2/h5,7,9,11,13,15-17,33H,3-4,6,8,10,12,14,18-32H2,1-2H3,(H2,38,39,40)/b7-5+,11-9+,15-13+,17-16+/t33-/m1/s1. The Kier molecular flexibility index (Phi) is 29.6. The fourth-order valence-corrected chi connectivity index (χ4v) is 4.80. The summed E-state index contributed by atoms with van der Waals surface area (Å²) in [5.74, 6) is -0.916. The maximum atomic E-state index is 12.3. The molecule has 0 aliphatic rings. The number of carbonyl (C=O) groups is 2. The number of ether oxygens (including phenoxy) is 2. The Labute approximate surface area is 267 Å². The molecule has 0 unspecified atom stereocenters. The van der Waals surface area contributed by atoms with Crippen molar-refractivity contribution in [3.8, 4) is 0 Å². The Bertz CT molecular complexity index is 859. The molecular formula is C35H61O8P. The van der Waals surface area contributed by atoms with Crippen LogP contribution in [0.5, 0.6) is 0 Å². The van der Waals surface area contributed by atoms with Gasteiger partial charge in [0, 0.05) is 12.8 Å². The summed E-state index contributed by atoms with van der Waals surface area (Å²) in [5, 5.41) is 0. The Morgan fingerprint density at radius 3 is 1.64 bits per heavy atom. The lowest BCUT2D eigenvalue weighted by Crippen LogP contribution is -2.29. The van der Waals surface area contributed by atoms with Crippen molar-refractivity contribution < 1.29 is 37.9 Å². The van der Waals surface area contributed by atoms with Gasteiger partial charge in [-0.25, -0.2) is 4.57 Å². The lowest BCUT2D eigenvalue weighted by Gasteiger charge is -2.18. The maximum Gasteiger partial charge on any atom is 0.469 e. The van der Waals surface area contributed by atoms with Crippen molar-refractivity contribution in [2.75, 3.05) is 13.2 Å². The van der Waals surface area contributed by atoms with E-state index in [0.717, 1.165) is 57.8 Å². The van der Waals surface area contributed by atoms with Crippen molar-refractivity contribution in [2.24, 2.45) is 0 Å². The molecule has 44 heavy (non-hydrogen) atoms. The average molecular weight is 641 g/mol. The molecule has 1 atom stereocenters. The van der Waals surface area contributed by atoms with Gasteiger partial charge in [0.15, 0.2) is 6.10 Å². The molecule has 0 rings (SSSR count). The molecule has 0 heterocycles. The van der Waals surface area contributed by atoms with Crippen molar-refractivity contribution in [1.82, 2.24) is 0 Å². The van der Waals surface area contributed by atoms with Gasteiger partial charge in [0.05, 0.1) is 6.61 Å². The molecule has 0 bridgehead atoms. The Morgan fingerprint density at radius 1 is 0.614 bits per heavy atom. The van der Waals surface area contributed by atoms with Gasteiger partial charge in [-0.3, -0.25) is 14.1 Å². The van der Waals surface area contributed by atoms with Crippen LogP contribution in [0.2, 0.25) is 0 Å². The third-order valence-corrected chi connectivity index (χ3v) is 7.44. The predicted octanol–water partition coefficient (Wildman–Crippen LogP) is 9.62. The summed E-state index contributed by atoms with van der Waals surface area (Å²) < 4.78 is 26.2. The van der Waals surface area contributed by atoms with Crippen LogP contribution in [0.4, 0.5) is 0 Å². The first-order valence-corrected chi connectivity index (χ1v) is 18.5. The van der Waals surface area contributed by atoms with Gasteiger partial charge >= 0.3 is 19.8 Å². The molecular weight excluding hydrogens is 579 g/mol. The molecule has 254 valence electrons. The van der Waals surface area contributed by atoms with Crippen molar-refractivity contribution in [3.05, 3.63) is 48.6 Å². The van der Waals surface area contributed by atoms with E-state index >= 15 is 0 Å². The molecule has 0 aromatic carbocycles. The second-order valence-electron chi connectivity index (χ2n) is 11.2. The fraction of sp³-hybridized carbons (Fsp3) is 0.714. The minimum Gasteiger partial charge on any atom is -0.462 e. The summed E-state index contributed by atoms with van der Waals surface area (Å²) in [7, 11) is -4.75. The number of phosphoric ester groups is 1. The summed E-state index contributed by atoms with van der Waals surface area (Å²) in [6.07, 6.45) is 35.5. The first kappa shape index (κ1) is 42.0. The largest absolute Gasteiger partial charge is 0.469 e. The smallest absolute Gasteiger partial charge is 0.462 e. The minimum absolute atomic E-state index is 0.185. The normalized spacial score (nSPS) is 13.1. The van der Waals surface area contributed by atoms with Crippen molar-refractivity contribution in [1.29, 1.82) is 0 Å². The van der Waals surface area contributed by atoms with Gasteiger partial charge < -0.3 is 19.3 Å². The zero-order valence-electron chi connectivity index (χ0n) is 27.5. The zero-order valence-corrected chi connectivity index (χ0v) is 28.4. The van der Waals surface area contributed by atoms with Gasteiger partial charge in [0.25, 0.3) is 0 Å². The molecule has 9 heteroatoms. The van der Waals surface area contributed by atoms with Crippen LogP contribution < -0.4 is 0 Å². The molecule has 0 aliphatic heterocycles. The summed E-state index contributed by atoms with van der Waals surface area (Å²) >= 11 is 0. The highest BCUT2D eigenvalue weighted by Crippen LogP contribution is 2.35. The third kappa shape index (κ3) is 32.9. The molecule has 0 aliphatic carbocycles. The van der Waals surface area contributed by atoms with E-state index in [1.54, 1.807) is 0 Å². The van der Waals surface area contributed by atoms with Crippen LogP contribution in [0.25, 0.3) is 0 Å². The first-order chi connectivity index (χ1) is 21.3. The molecule has 8 nitrogen and oxygen atoms in total. The molecule has 0 aromatic rings. The quantitative estimate of drug-likeness (QED) is 0.0345. The van der Waals surface area contributed by atoms with Crippen LogP contribution in [0.1, 0.15) is 142 Å². The van der Waals surface area contributed by atoms with Gasteiger partial charge in [-0.05, 0) is 32.1 Å². The van der Waals surface area contributed by atoms with Crippen LogP contribution in [-0.2, 0) is 28.2 Å². The van der Waals surface area contributed by atoms with Crippen LogP contribution >= 0.6 is 7.82 Å². The van der Waals surface area contributed by atoms with Gasteiger partial charge in [0.1, 0.15) is 6.61 Å². The molecule has 0 amide bonds. The Morgan fingerprint density at radius 2 is 1.09 bits per heavy atom. The molecule has 0 fully saturated rings. The zero-order chi connectivity index (χ0) is 32.6. The van der Waals surface area contributed by atoms with Crippen molar-refractivity contribution in [3.63, 3.8) is 0 Å². The van der Waals surface area contributed by atoms with Crippen LogP contribution in [0.15, 0.2) is 48.6 Å². The predicted molar refractivity (Wildman–Crippen MR) is 179 cm³/mol. The van der Waals surface area contributed by atoms with E-state index in [1.807, 2.05) is 36.5 Å². The number of allylic oxidation sites excluding steroid dienone is 8. The monoisotopic (exact) mass is 640 g/mol. The Balaban J connectivity index is 4.07. The maximum absolute atomic E-state index is 12.3. The highest BCUT2D eigenvalue weighted by atomic mass is 31.2. The molecule has 0 radical (unpaired) electrons. The second kappa shape index (κ2) is 31.0. The summed E-state index contributed by atoms with van der Waals surface area (Å²) in [6, 6.07) is 0. The number of hydrogen-bond donors (Lipinski definition) is 2. The molecule has 0 saturated carbocycles. The summed E-state index contributed by atoms with van der Waals surface area (Å²) in [6.45, 7) is 3.49. The van der Waals surface area contributed by atoms with Crippen LogP contribution in [0.3, 0.4) is 0 Å². The van der Waals surface area contributed by atoms with E-state index in [4.69, 9.17) is 19.3 Å². The van der Waals surface area contributed by atoms with Gasteiger partial charge in [-0.15, -0.1) is 0 Å². The van der Waals surface area contributed by atoms with Gasteiger partial charge in [-0.2, -0.15) is 0 Å². The second-order valence-corrected chi connectivity index (χ2v) is 12.4. The third-order valence-electron chi connectivity index (χ3n) is 6.96. The van der Waals surface area contributed by atoms with Crippen LogP contribution in [0, 0.1) is 0 Å². The van der Waals surface area contributed by atoms with Gasteiger partial charge in [-0.1, -0.05) is 146 Å². The number of phosphoric acid groups is 1. The van der Waals surface area contributed by atoms with E-state index in [0.29, 0.717) is 6.42 Å². The van der Waals surface area contributed by atoms with Crippen LogP contribution in [-0.4, -0.2) is 41.0 Å². The van der Waals surface area contributed by atoms with E-state index in [-0.39, 0.29) is 19.4 Å². The molecule has 0 aromatic heterocycles. The fourth-order valence-electron chi connectivity index (χ4n) is 4.44. The number of carbonyl (C=O) groups excluding carboxylic acids is 2. The van der Waals surface area contributed by atoms with E-state index < -0.39 is 32.5 Å². The highest BCUT2D eigenvalue weighted by molar-refractivity contribution is 7.46. The van der Waals surface area contributed by atoms with E-state index in [2.05, 4.69) is 30.5 Å². The number of hydrogen-bond acceptors (Lipinski definition) is 6. The lowest BCUT2D eigenvalue weighted by molar-refractivity contribution is -0.161. The molecule has 2 N–H and O–H groups in total. The number of esters is 2. The average Bonchev–Trinajstić information content (AvgIpc) is 2.98. The van der Waals surface area contributed by atoms with Crippen molar-refractivity contribution >= 4 is 19.8 Å². The number of rotatable bonds is 30. The lowest BCUT2D eigenvalue weighted by atomic mass is 10.1. The molecule has 0 spiro atoms. The van der Waals surface area contributed by atoms with Gasteiger partial charge in [0.2, 0.25) is 0 Å². The van der Waals surface area contributed by atoms with E-state index in [9.17, 15) is 14.2 Å². The first-order valence-electron chi connectivity index (χ1n) is 17.0. The topological polar surface area (TPSA) is 119 Å². The minimum atomic E-state index is -4.75. The summed E-state index contributed by atoms with van der Waals surface area (Å²) in [5.41, 5.74) is 0. The summed E-state index contributed by atoms with van der Waals surface area (Å²) in [4.78, 5) is 42.5. The Hall–Kier alpha value is -1.99. The number of unbranched alkanes of at least 4 members (excludes halogenated alkanes) is 15. The molecule has 0 saturated heterocycles. The SMILES string of the molecule is CC/C=C/C=C/C=C/C=C/CCCCCCCC(=O)O[C@H](COC(=O)CCCCCCCCCCCCC)COP(=O)(O)O. The van der Waals surface area contributed by atoms with Crippen molar-refractivity contribution in [2.45, 2.75) is 148 Å². The van der Waals surface area contributed by atoms with E-state index in [1.165, 1.54) is 51.4 Å². The highest BCUT2D eigenvalue weighted by Gasteiger charge is 2.22.